The minimum absolute atomic E-state index is 0.432. The van der Waals surface area contributed by atoms with Crippen LogP contribution < -0.4 is 4.72 Å². The zero-order chi connectivity index (χ0) is 7.33. The summed E-state index contributed by atoms with van der Waals surface area (Å²) >= 11 is 0. The van der Waals surface area contributed by atoms with Crippen LogP contribution >= 0.6 is 10.2 Å². The molecule has 0 aliphatic rings. The molecule has 58 valence electrons. The molecule has 0 aromatic heterocycles. The first-order valence-electron chi connectivity index (χ1n) is 3.52. The third-order valence-corrected chi connectivity index (χ3v) is 3.98. The number of nitrogens with one attached hydrogen (secondary N) is 1. The number of unbranched alkanes of at least 4 members (excludes halogenated alkanes) is 1. The van der Waals surface area contributed by atoms with Gasteiger partial charge in [-0.1, -0.05) is 13.3 Å². The van der Waals surface area contributed by atoms with E-state index in [0.717, 1.165) is 0 Å². The average Bonchev–Trinajstić information content (AvgIpc) is 1.84. The third kappa shape index (κ3) is 4.79. The second-order valence-corrected chi connectivity index (χ2v) is 6.69. The van der Waals surface area contributed by atoms with Crippen LogP contribution in [0.2, 0.25) is 0 Å². The van der Waals surface area contributed by atoms with E-state index in [1.807, 2.05) is 0 Å². The monoisotopic (exact) mass is 149 g/mol. The molecule has 0 saturated heterocycles. The Hall–Kier alpha value is 0.310. The van der Waals surface area contributed by atoms with Crippen molar-refractivity contribution in [1.29, 1.82) is 0 Å². The van der Waals surface area contributed by atoms with Crippen molar-refractivity contribution < 1.29 is 0 Å². The van der Waals surface area contributed by atoms with Crippen molar-refractivity contribution in [3.8, 4) is 0 Å². The van der Waals surface area contributed by atoms with Crippen molar-refractivity contribution >= 4 is 10.2 Å². The van der Waals surface area contributed by atoms with E-state index in [1.54, 1.807) is 0 Å². The molecule has 0 atom stereocenters. The maximum atomic E-state index is 3.36. The van der Waals surface area contributed by atoms with Crippen LogP contribution in [0.15, 0.2) is 0 Å². The molecule has 0 aromatic rings. The van der Waals surface area contributed by atoms with E-state index in [1.165, 1.54) is 18.6 Å². The van der Waals surface area contributed by atoms with Gasteiger partial charge in [0.15, 0.2) is 0 Å². The van der Waals surface area contributed by atoms with Crippen molar-refractivity contribution in [3.63, 3.8) is 0 Å². The van der Waals surface area contributed by atoms with Crippen molar-refractivity contribution in [1.82, 2.24) is 4.72 Å². The predicted octanol–water partition coefficient (Wildman–Crippen LogP) is 1.99. The zero-order valence-electron chi connectivity index (χ0n) is 7.03. The van der Waals surface area contributed by atoms with Crippen molar-refractivity contribution in [2.24, 2.45) is 0 Å². The topological polar surface area (TPSA) is 12.0 Å². The molecular formula is C7H19NS. The highest BCUT2D eigenvalue weighted by Crippen LogP contribution is 2.34. The van der Waals surface area contributed by atoms with Crippen LogP contribution in [-0.2, 0) is 0 Å². The van der Waals surface area contributed by atoms with E-state index < -0.39 is 10.2 Å². The van der Waals surface area contributed by atoms with E-state index in [2.05, 4.69) is 31.2 Å². The molecule has 9 heavy (non-hydrogen) atoms. The van der Waals surface area contributed by atoms with E-state index >= 15 is 0 Å². The fraction of sp³-hybridized carbons (Fsp3) is 1.00. The van der Waals surface area contributed by atoms with Gasteiger partial charge in [-0.05, 0) is 31.7 Å². The molecule has 1 N–H and O–H groups in total. The van der Waals surface area contributed by atoms with Gasteiger partial charge in [-0.2, -0.15) is 10.2 Å². The summed E-state index contributed by atoms with van der Waals surface area (Å²) in [5, 5.41) is 0. The van der Waals surface area contributed by atoms with Gasteiger partial charge in [0.2, 0.25) is 0 Å². The van der Waals surface area contributed by atoms with Crippen LogP contribution in [0.5, 0.6) is 0 Å². The van der Waals surface area contributed by atoms with Gasteiger partial charge >= 0.3 is 0 Å². The summed E-state index contributed by atoms with van der Waals surface area (Å²) in [4.78, 5) is 0. The van der Waals surface area contributed by atoms with Gasteiger partial charge < -0.3 is 0 Å². The number of hydrogen-bond acceptors (Lipinski definition) is 1. The van der Waals surface area contributed by atoms with Gasteiger partial charge in [-0.3, -0.25) is 4.72 Å². The number of rotatable bonds is 4. The molecule has 1 nitrogen and oxygen atoms in total. The standard InChI is InChI=1S/C7H19NS/c1-5-6-7-9(3,4)8-2/h8H,5-7H2,1-4H3. The Labute approximate surface area is 60.7 Å². The quantitative estimate of drug-likeness (QED) is 0.644. The second kappa shape index (κ2) is 4.18. The zero-order valence-corrected chi connectivity index (χ0v) is 7.85. The van der Waals surface area contributed by atoms with Gasteiger partial charge in [0.25, 0.3) is 0 Å². The van der Waals surface area contributed by atoms with E-state index in [0.29, 0.717) is 0 Å². The molecule has 0 saturated carbocycles. The Morgan fingerprint density at radius 1 is 1.33 bits per heavy atom. The molecule has 0 aliphatic carbocycles. The molecule has 0 amide bonds. The van der Waals surface area contributed by atoms with Crippen molar-refractivity contribution in [3.05, 3.63) is 0 Å². The lowest BCUT2D eigenvalue weighted by atomic mass is 10.4. The van der Waals surface area contributed by atoms with Gasteiger partial charge in [0.05, 0.1) is 0 Å². The summed E-state index contributed by atoms with van der Waals surface area (Å²) in [5.41, 5.74) is 0. The predicted molar refractivity (Wildman–Crippen MR) is 48.3 cm³/mol. The lowest BCUT2D eigenvalue weighted by Gasteiger charge is -2.30. The lowest BCUT2D eigenvalue weighted by molar-refractivity contribution is 0.888. The Morgan fingerprint density at radius 2 is 1.89 bits per heavy atom. The highest BCUT2D eigenvalue weighted by Gasteiger charge is 2.05. The average molecular weight is 149 g/mol. The fourth-order valence-corrected chi connectivity index (χ4v) is 1.82. The molecule has 2 heteroatoms. The van der Waals surface area contributed by atoms with Gasteiger partial charge in [-0.15, -0.1) is 0 Å². The molecular weight excluding hydrogens is 130 g/mol. The van der Waals surface area contributed by atoms with Crippen LogP contribution in [0.4, 0.5) is 0 Å². The first-order valence-corrected chi connectivity index (χ1v) is 6.13. The minimum Gasteiger partial charge on any atom is -0.284 e. The van der Waals surface area contributed by atoms with Crippen LogP contribution in [0, 0.1) is 0 Å². The minimum atomic E-state index is -0.432. The summed E-state index contributed by atoms with van der Waals surface area (Å²) in [5.74, 6) is 1.36. The number of hydrogen-bond donors (Lipinski definition) is 1. The highest BCUT2D eigenvalue weighted by molar-refractivity contribution is 8.31. The van der Waals surface area contributed by atoms with Gasteiger partial charge in [-0.25, -0.2) is 0 Å². The van der Waals surface area contributed by atoms with Gasteiger partial charge in [0, 0.05) is 0 Å². The Balaban J connectivity index is 3.33. The molecule has 0 heterocycles. The lowest BCUT2D eigenvalue weighted by Crippen LogP contribution is -2.16. The third-order valence-electron chi connectivity index (χ3n) is 1.56. The molecule has 0 aromatic carbocycles. The maximum Gasteiger partial charge on any atom is -0.00715 e. The van der Waals surface area contributed by atoms with E-state index in [-0.39, 0.29) is 0 Å². The fourth-order valence-electron chi connectivity index (χ4n) is 0.607. The maximum absolute atomic E-state index is 3.36. The second-order valence-electron chi connectivity index (χ2n) is 2.80. The summed E-state index contributed by atoms with van der Waals surface area (Å²) in [6.45, 7) is 2.24. The SMILES string of the molecule is CCCCS(C)(C)NC. The Bertz CT molecular complexity index is 71.3. The molecule has 0 aliphatic heterocycles. The molecule has 0 unspecified atom stereocenters. The summed E-state index contributed by atoms with van der Waals surface area (Å²) in [6.07, 6.45) is 7.33. The summed E-state index contributed by atoms with van der Waals surface area (Å²) < 4.78 is 3.36. The smallest absolute Gasteiger partial charge is 0.00715 e. The van der Waals surface area contributed by atoms with E-state index in [9.17, 15) is 0 Å². The molecule has 0 spiro atoms. The normalized spacial score (nSPS) is 13.8. The molecule has 0 rings (SSSR count). The van der Waals surface area contributed by atoms with Crippen LogP contribution in [0.1, 0.15) is 19.8 Å². The Kier molecular flexibility index (Phi) is 4.32. The van der Waals surface area contributed by atoms with Crippen molar-refractivity contribution in [2.75, 3.05) is 25.3 Å². The van der Waals surface area contributed by atoms with E-state index in [4.69, 9.17) is 0 Å². The van der Waals surface area contributed by atoms with Crippen LogP contribution in [0.3, 0.4) is 0 Å². The summed E-state index contributed by atoms with van der Waals surface area (Å²) in [6, 6.07) is 0. The molecule has 0 fully saturated rings. The highest BCUT2D eigenvalue weighted by atomic mass is 32.3. The summed E-state index contributed by atoms with van der Waals surface area (Å²) in [7, 11) is 1.63. The van der Waals surface area contributed by atoms with Crippen molar-refractivity contribution in [2.45, 2.75) is 19.8 Å². The van der Waals surface area contributed by atoms with Gasteiger partial charge in [0.1, 0.15) is 0 Å². The van der Waals surface area contributed by atoms with Crippen LogP contribution in [-0.4, -0.2) is 25.3 Å². The largest absolute Gasteiger partial charge is 0.284 e. The molecule has 0 radical (unpaired) electrons. The Morgan fingerprint density at radius 3 is 2.22 bits per heavy atom. The van der Waals surface area contributed by atoms with Crippen LogP contribution in [0.25, 0.3) is 0 Å². The molecule has 0 bridgehead atoms. The first kappa shape index (κ1) is 9.31. The first-order chi connectivity index (χ1) is 4.12.